The van der Waals surface area contributed by atoms with E-state index < -0.39 is 0 Å². The summed E-state index contributed by atoms with van der Waals surface area (Å²) in [6.45, 7) is 6.29. The monoisotopic (exact) mass is 385 g/mol. The predicted molar refractivity (Wildman–Crippen MR) is 97.6 cm³/mol. The van der Waals surface area contributed by atoms with Gasteiger partial charge in [-0.15, -0.1) is 11.3 Å². The van der Waals surface area contributed by atoms with Gasteiger partial charge >= 0.3 is 0 Å². The zero-order valence-electron chi connectivity index (χ0n) is 13.3. The fourth-order valence-corrected chi connectivity index (χ4v) is 3.85. The fraction of sp³-hybridized carbons (Fsp3) is 0.562. The minimum atomic E-state index is 0.756. The molecule has 6 heteroatoms. The minimum Gasteiger partial charge on any atom is -0.377 e. The third-order valence-corrected chi connectivity index (χ3v) is 5.08. The second kappa shape index (κ2) is 9.33. The van der Waals surface area contributed by atoms with Crippen molar-refractivity contribution in [2.45, 2.75) is 26.3 Å². The summed E-state index contributed by atoms with van der Waals surface area (Å²) < 4.78 is 6.51. The lowest BCUT2D eigenvalue weighted by Crippen LogP contribution is -2.38. The van der Waals surface area contributed by atoms with Crippen LogP contribution in [0.15, 0.2) is 32.6 Å². The Morgan fingerprint density at radius 2 is 2.36 bits per heavy atom. The van der Waals surface area contributed by atoms with Gasteiger partial charge < -0.3 is 15.0 Å². The first kappa shape index (κ1) is 17.5. The number of halogens is 1. The third kappa shape index (κ3) is 5.74. The van der Waals surface area contributed by atoms with Crippen LogP contribution in [0.5, 0.6) is 0 Å². The van der Waals surface area contributed by atoms with Crippen molar-refractivity contribution in [1.29, 1.82) is 0 Å². The number of rotatable bonds is 6. The molecule has 0 atom stereocenters. The number of nitrogens with zero attached hydrogens (tertiary/aromatic N) is 2. The predicted octanol–water partition coefficient (Wildman–Crippen LogP) is 3.64. The van der Waals surface area contributed by atoms with Gasteiger partial charge in [0, 0.05) is 25.0 Å². The first-order valence-corrected chi connectivity index (χ1v) is 9.29. The molecule has 0 fully saturated rings. The molecular formula is C16H24BrN3OS. The van der Waals surface area contributed by atoms with Gasteiger partial charge in [0.15, 0.2) is 5.96 Å². The lowest BCUT2D eigenvalue weighted by atomic mass is 10.1. The van der Waals surface area contributed by atoms with E-state index in [9.17, 15) is 0 Å². The molecule has 2 rings (SSSR count). The van der Waals surface area contributed by atoms with Gasteiger partial charge in [-0.1, -0.05) is 11.6 Å². The first-order valence-electron chi connectivity index (χ1n) is 7.68. The summed E-state index contributed by atoms with van der Waals surface area (Å²) in [5.74, 6) is 0.972. The molecule has 0 unspecified atom stereocenters. The summed E-state index contributed by atoms with van der Waals surface area (Å²) in [5.41, 5.74) is 1.47. The molecule has 1 N–H and O–H groups in total. The maximum atomic E-state index is 5.34. The van der Waals surface area contributed by atoms with E-state index in [1.165, 1.54) is 14.2 Å². The summed E-state index contributed by atoms with van der Waals surface area (Å²) in [6, 6.07) is 4.25. The van der Waals surface area contributed by atoms with Crippen molar-refractivity contribution < 1.29 is 4.74 Å². The maximum Gasteiger partial charge on any atom is 0.193 e. The van der Waals surface area contributed by atoms with Crippen molar-refractivity contribution in [2.75, 3.05) is 33.4 Å². The van der Waals surface area contributed by atoms with E-state index in [2.05, 4.69) is 58.3 Å². The summed E-state index contributed by atoms with van der Waals surface area (Å²) in [7, 11) is 2.09. The summed E-state index contributed by atoms with van der Waals surface area (Å²) >= 11 is 5.28. The van der Waals surface area contributed by atoms with E-state index in [1.54, 1.807) is 11.3 Å². The van der Waals surface area contributed by atoms with Crippen LogP contribution in [0.4, 0.5) is 0 Å². The number of hydrogen-bond donors (Lipinski definition) is 1. The second-order valence-electron chi connectivity index (χ2n) is 5.23. The Morgan fingerprint density at radius 1 is 1.50 bits per heavy atom. The standard InChI is InChI=1S/C16H24BrN3OS/c1-3-18-16(19-9-6-13-7-10-21-11-8-13)20(2)12-14-4-5-15(17)22-14/h4-5,7H,3,6,8-12H2,1-2H3,(H,18,19). The van der Waals surface area contributed by atoms with E-state index in [0.717, 1.165) is 51.6 Å². The Bertz CT molecular complexity index is 527. The number of ether oxygens (including phenoxy) is 1. The van der Waals surface area contributed by atoms with Gasteiger partial charge in [0.2, 0.25) is 0 Å². The molecule has 1 aromatic rings. The molecule has 0 aliphatic carbocycles. The average molecular weight is 386 g/mol. The SMILES string of the molecule is CCNC(=NCCC1=CCOCC1)N(C)Cc1ccc(Br)s1. The highest BCUT2D eigenvalue weighted by atomic mass is 79.9. The maximum absolute atomic E-state index is 5.34. The molecule has 1 aromatic heterocycles. The molecule has 122 valence electrons. The van der Waals surface area contributed by atoms with Crippen molar-refractivity contribution in [2.24, 2.45) is 4.99 Å². The van der Waals surface area contributed by atoms with E-state index in [-0.39, 0.29) is 0 Å². The Morgan fingerprint density at radius 3 is 3.00 bits per heavy atom. The van der Waals surface area contributed by atoms with Crippen LogP contribution in [0.2, 0.25) is 0 Å². The first-order chi connectivity index (χ1) is 10.7. The van der Waals surface area contributed by atoms with Gasteiger partial charge in [0.1, 0.15) is 0 Å². The quantitative estimate of drug-likeness (QED) is 0.461. The molecule has 0 bridgehead atoms. The van der Waals surface area contributed by atoms with Crippen LogP contribution >= 0.6 is 27.3 Å². The molecule has 1 aliphatic rings. The average Bonchev–Trinajstić information content (AvgIpc) is 2.92. The van der Waals surface area contributed by atoms with Crippen LogP contribution in [-0.4, -0.2) is 44.2 Å². The van der Waals surface area contributed by atoms with Gasteiger partial charge in [0.25, 0.3) is 0 Å². The number of guanidine groups is 1. The lowest BCUT2D eigenvalue weighted by Gasteiger charge is -2.21. The van der Waals surface area contributed by atoms with Crippen molar-refractivity contribution in [3.63, 3.8) is 0 Å². The van der Waals surface area contributed by atoms with E-state index in [1.807, 2.05) is 0 Å². The van der Waals surface area contributed by atoms with Crippen molar-refractivity contribution in [3.05, 3.63) is 32.4 Å². The van der Waals surface area contributed by atoms with Crippen LogP contribution in [0.25, 0.3) is 0 Å². The highest BCUT2D eigenvalue weighted by Crippen LogP contribution is 2.23. The minimum absolute atomic E-state index is 0.756. The molecule has 0 radical (unpaired) electrons. The number of thiophene rings is 1. The molecule has 0 saturated heterocycles. The lowest BCUT2D eigenvalue weighted by molar-refractivity contribution is 0.153. The van der Waals surface area contributed by atoms with Gasteiger partial charge in [-0.2, -0.15) is 0 Å². The largest absolute Gasteiger partial charge is 0.377 e. The van der Waals surface area contributed by atoms with E-state index in [4.69, 9.17) is 9.73 Å². The summed E-state index contributed by atoms with van der Waals surface area (Å²) in [5, 5.41) is 3.37. The molecule has 0 amide bonds. The molecule has 4 nitrogen and oxygen atoms in total. The molecule has 0 saturated carbocycles. The zero-order chi connectivity index (χ0) is 15.8. The summed E-state index contributed by atoms with van der Waals surface area (Å²) in [4.78, 5) is 8.26. The molecular weight excluding hydrogens is 362 g/mol. The third-order valence-electron chi connectivity index (χ3n) is 3.47. The van der Waals surface area contributed by atoms with Gasteiger partial charge in [-0.05, 0) is 47.8 Å². The van der Waals surface area contributed by atoms with Crippen LogP contribution in [0.3, 0.4) is 0 Å². The van der Waals surface area contributed by atoms with Crippen LogP contribution < -0.4 is 5.32 Å². The van der Waals surface area contributed by atoms with Crippen molar-refractivity contribution in [1.82, 2.24) is 10.2 Å². The fourth-order valence-electron chi connectivity index (χ4n) is 2.31. The topological polar surface area (TPSA) is 36.9 Å². The van der Waals surface area contributed by atoms with Gasteiger partial charge in [-0.25, -0.2) is 0 Å². The normalized spacial score (nSPS) is 15.6. The highest BCUT2D eigenvalue weighted by molar-refractivity contribution is 9.11. The molecule has 1 aliphatic heterocycles. The Balaban J connectivity index is 1.89. The number of nitrogens with one attached hydrogen (secondary N) is 1. The number of hydrogen-bond acceptors (Lipinski definition) is 3. The Hall–Kier alpha value is -0.850. The van der Waals surface area contributed by atoms with Crippen LogP contribution in [0.1, 0.15) is 24.6 Å². The highest BCUT2D eigenvalue weighted by Gasteiger charge is 2.08. The van der Waals surface area contributed by atoms with Gasteiger partial charge in [0.05, 0.1) is 23.5 Å². The molecule has 0 spiro atoms. The molecule has 22 heavy (non-hydrogen) atoms. The number of aliphatic imine (C=N–C) groups is 1. The van der Waals surface area contributed by atoms with E-state index >= 15 is 0 Å². The van der Waals surface area contributed by atoms with Crippen LogP contribution in [-0.2, 0) is 11.3 Å². The van der Waals surface area contributed by atoms with Crippen LogP contribution in [0, 0.1) is 0 Å². The molecule has 2 heterocycles. The Kier molecular flexibility index (Phi) is 7.42. The van der Waals surface area contributed by atoms with Crippen molar-refractivity contribution in [3.8, 4) is 0 Å². The van der Waals surface area contributed by atoms with Gasteiger partial charge in [-0.3, -0.25) is 4.99 Å². The van der Waals surface area contributed by atoms with Crippen molar-refractivity contribution >= 4 is 33.2 Å². The molecule has 0 aromatic carbocycles. The second-order valence-corrected chi connectivity index (χ2v) is 7.78. The van der Waals surface area contributed by atoms with E-state index in [0.29, 0.717) is 0 Å². The zero-order valence-corrected chi connectivity index (χ0v) is 15.7. The Labute approximate surface area is 145 Å². The summed E-state index contributed by atoms with van der Waals surface area (Å²) in [6.07, 6.45) is 4.26. The smallest absolute Gasteiger partial charge is 0.193 e.